The fourth-order valence-electron chi connectivity index (χ4n) is 1.71. The van der Waals surface area contributed by atoms with Gasteiger partial charge in [0.1, 0.15) is 0 Å². The van der Waals surface area contributed by atoms with Gasteiger partial charge in [-0.1, -0.05) is 6.07 Å². The van der Waals surface area contributed by atoms with Gasteiger partial charge < -0.3 is 11.1 Å². The van der Waals surface area contributed by atoms with Crippen LogP contribution >= 0.6 is 12.2 Å². The number of aryl methyl sites for hydroxylation is 1. The molecular formula is C14H23N5S. The summed E-state index contributed by atoms with van der Waals surface area (Å²) in [5.74, 6) is -0.0297. The zero-order chi connectivity index (χ0) is 15.2. The van der Waals surface area contributed by atoms with E-state index in [0.717, 1.165) is 12.8 Å². The minimum absolute atomic E-state index is 0.0297. The second kappa shape index (κ2) is 7.19. The summed E-state index contributed by atoms with van der Waals surface area (Å²) in [6.07, 6.45) is 5.35. The molecule has 0 saturated heterocycles. The van der Waals surface area contributed by atoms with Gasteiger partial charge in [-0.25, -0.2) is 0 Å². The van der Waals surface area contributed by atoms with Crippen molar-refractivity contribution in [2.45, 2.75) is 39.2 Å². The first-order chi connectivity index (χ1) is 9.29. The zero-order valence-electron chi connectivity index (χ0n) is 12.3. The van der Waals surface area contributed by atoms with Crippen molar-refractivity contribution in [2.75, 3.05) is 6.54 Å². The summed E-state index contributed by atoms with van der Waals surface area (Å²) in [4.78, 5) is 5.70. The smallest absolute Gasteiger partial charge is 0.194 e. The Bertz CT molecular complexity index is 452. The molecule has 0 bridgehead atoms. The monoisotopic (exact) mass is 293 g/mol. The van der Waals surface area contributed by atoms with E-state index in [4.69, 9.17) is 23.4 Å². The summed E-state index contributed by atoms with van der Waals surface area (Å²) < 4.78 is 0. The summed E-state index contributed by atoms with van der Waals surface area (Å²) >= 11 is 5.31. The van der Waals surface area contributed by atoms with Crippen LogP contribution in [0.25, 0.3) is 0 Å². The van der Waals surface area contributed by atoms with Gasteiger partial charge in [-0.3, -0.25) is 15.3 Å². The highest BCUT2D eigenvalue weighted by Crippen LogP contribution is 2.05. The molecule has 0 saturated carbocycles. The molecule has 0 fully saturated rings. The minimum Gasteiger partial charge on any atom is -0.370 e. The van der Waals surface area contributed by atoms with E-state index in [1.54, 1.807) is 11.1 Å². The topological polar surface area (TPSA) is 78.0 Å². The molecule has 0 spiro atoms. The number of pyridine rings is 1. The van der Waals surface area contributed by atoms with Crippen LogP contribution in [0.15, 0.2) is 24.5 Å². The molecule has 4 N–H and O–H groups in total. The normalized spacial score (nSPS) is 10.9. The lowest BCUT2D eigenvalue weighted by molar-refractivity contribution is 0.470. The largest absolute Gasteiger partial charge is 0.370 e. The molecule has 1 aromatic rings. The molecule has 0 radical (unpaired) electrons. The third-order valence-corrected chi connectivity index (χ3v) is 2.91. The fourth-order valence-corrected chi connectivity index (χ4v) is 2.20. The van der Waals surface area contributed by atoms with Crippen LogP contribution in [0.2, 0.25) is 0 Å². The second-order valence-corrected chi connectivity index (χ2v) is 6.07. The van der Waals surface area contributed by atoms with Gasteiger partial charge in [-0.05, 0) is 57.5 Å². The highest BCUT2D eigenvalue weighted by molar-refractivity contribution is 7.80. The number of nitrogens with one attached hydrogen (secondary N) is 2. The lowest BCUT2D eigenvalue weighted by Crippen LogP contribution is -2.52. The Labute approximate surface area is 126 Å². The maximum absolute atomic E-state index is 7.64. The summed E-state index contributed by atoms with van der Waals surface area (Å²) in [5.41, 5.74) is 6.63. The predicted octanol–water partition coefficient (Wildman–Crippen LogP) is 1.88. The zero-order valence-corrected chi connectivity index (χ0v) is 13.1. The van der Waals surface area contributed by atoms with Crippen LogP contribution in [0.1, 0.15) is 32.8 Å². The molecule has 0 atom stereocenters. The van der Waals surface area contributed by atoms with Crippen LogP contribution in [0, 0.1) is 5.41 Å². The van der Waals surface area contributed by atoms with E-state index in [1.165, 1.54) is 5.56 Å². The van der Waals surface area contributed by atoms with Gasteiger partial charge >= 0.3 is 0 Å². The number of nitrogens with zero attached hydrogens (tertiary/aromatic N) is 2. The minimum atomic E-state index is -0.145. The first-order valence-corrected chi connectivity index (χ1v) is 7.03. The van der Waals surface area contributed by atoms with Crippen molar-refractivity contribution in [1.29, 1.82) is 5.41 Å². The van der Waals surface area contributed by atoms with Gasteiger partial charge in [0.05, 0.1) is 0 Å². The van der Waals surface area contributed by atoms with Gasteiger partial charge in [0.2, 0.25) is 0 Å². The van der Waals surface area contributed by atoms with Gasteiger partial charge in [0, 0.05) is 24.5 Å². The summed E-state index contributed by atoms with van der Waals surface area (Å²) in [5, 5.41) is 11.3. The number of hydrogen-bond acceptors (Lipinski definition) is 3. The van der Waals surface area contributed by atoms with Crippen molar-refractivity contribution < 1.29 is 0 Å². The van der Waals surface area contributed by atoms with Gasteiger partial charge in [0.15, 0.2) is 11.1 Å². The summed E-state index contributed by atoms with van der Waals surface area (Å²) in [6.45, 7) is 6.68. The van der Waals surface area contributed by atoms with E-state index in [0.29, 0.717) is 11.7 Å². The lowest BCUT2D eigenvalue weighted by Gasteiger charge is -2.30. The van der Waals surface area contributed by atoms with Crippen LogP contribution in [0.4, 0.5) is 0 Å². The van der Waals surface area contributed by atoms with E-state index in [9.17, 15) is 0 Å². The molecule has 0 aliphatic rings. The van der Waals surface area contributed by atoms with Gasteiger partial charge in [-0.15, -0.1) is 0 Å². The van der Waals surface area contributed by atoms with Crippen LogP contribution in [-0.2, 0) is 6.42 Å². The number of rotatable bonds is 4. The average molecular weight is 293 g/mol. The third-order valence-electron chi connectivity index (χ3n) is 2.59. The number of thiocarbonyl (C=S) groups is 1. The standard InChI is InChI=1S/C14H23N5S/c1-14(2,3)18-13(20)19(12(15)16)9-5-7-11-6-4-8-17-10-11/h4,6,8,10H,5,7,9H2,1-3H3,(H3,15,16)(H,18,20). The van der Waals surface area contributed by atoms with Crippen LogP contribution in [0.3, 0.4) is 0 Å². The highest BCUT2D eigenvalue weighted by Gasteiger charge is 2.17. The maximum atomic E-state index is 7.64. The van der Waals surface area contributed by atoms with Crippen molar-refractivity contribution in [1.82, 2.24) is 15.2 Å². The summed E-state index contributed by atoms with van der Waals surface area (Å²) in [6, 6.07) is 3.96. The number of nitrogens with two attached hydrogens (primary N) is 1. The molecule has 1 heterocycles. The van der Waals surface area contributed by atoms with Crippen molar-refractivity contribution in [3.05, 3.63) is 30.1 Å². The van der Waals surface area contributed by atoms with E-state index in [-0.39, 0.29) is 11.5 Å². The molecule has 1 rings (SSSR count). The molecule has 0 unspecified atom stereocenters. The van der Waals surface area contributed by atoms with Crippen molar-refractivity contribution in [3.8, 4) is 0 Å². The number of hydrogen-bond donors (Lipinski definition) is 3. The Morgan fingerprint density at radius 3 is 2.70 bits per heavy atom. The van der Waals surface area contributed by atoms with Crippen LogP contribution < -0.4 is 11.1 Å². The van der Waals surface area contributed by atoms with E-state index < -0.39 is 0 Å². The Morgan fingerprint density at radius 2 is 2.20 bits per heavy atom. The number of aromatic nitrogens is 1. The first-order valence-electron chi connectivity index (χ1n) is 6.62. The molecule has 6 heteroatoms. The Hall–Kier alpha value is -1.69. The van der Waals surface area contributed by atoms with Crippen LogP contribution in [-0.4, -0.2) is 33.0 Å². The molecule has 0 amide bonds. The lowest BCUT2D eigenvalue weighted by atomic mass is 10.1. The molecule has 5 nitrogen and oxygen atoms in total. The van der Waals surface area contributed by atoms with E-state index >= 15 is 0 Å². The third kappa shape index (κ3) is 5.97. The van der Waals surface area contributed by atoms with Gasteiger partial charge in [0.25, 0.3) is 0 Å². The average Bonchev–Trinajstić information content (AvgIpc) is 2.33. The maximum Gasteiger partial charge on any atom is 0.194 e. The predicted molar refractivity (Wildman–Crippen MR) is 86.7 cm³/mol. The van der Waals surface area contributed by atoms with E-state index in [2.05, 4.69) is 10.3 Å². The first kappa shape index (κ1) is 16.4. The molecule has 0 aromatic carbocycles. The van der Waals surface area contributed by atoms with E-state index in [1.807, 2.05) is 39.1 Å². The number of guanidine groups is 1. The van der Waals surface area contributed by atoms with Gasteiger partial charge in [-0.2, -0.15) is 0 Å². The van der Waals surface area contributed by atoms with Crippen molar-refractivity contribution in [3.63, 3.8) is 0 Å². The fraction of sp³-hybridized carbons (Fsp3) is 0.500. The molecule has 110 valence electrons. The molecule has 1 aromatic heterocycles. The SMILES string of the molecule is CC(C)(C)NC(=S)N(CCCc1cccnc1)C(=N)N. The second-order valence-electron chi connectivity index (χ2n) is 5.68. The van der Waals surface area contributed by atoms with Crippen molar-refractivity contribution in [2.24, 2.45) is 5.73 Å². The Balaban J connectivity index is 2.51. The quantitative estimate of drug-likeness (QED) is 0.449. The highest BCUT2D eigenvalue weighted by atomic mass is 32.1. The molecule has 20 heavy (non-hydrogen) atoms. The van der Waals surface area contributed by atoms with Crippen LogP contribution in [0.5, 0.6) is 0 Å². The summed E-state index contributed by atoms with van der Waals surface area (Å²) in [7, 11) is 0. The van der Waals surface area contributed by atoms with Crippen molar-refractivity contribution >= 4 is 23.3 Å². The molecule has 0 aliphatic carbocycles. The Morgan fingerprint density at radius 1 is 1.50 bits per heavy atom. The molecular weight excluding hydrogens is 270 g/mol. The Kier molecular flexibility index (Phi) is 5.88. The molecule has 0 aliphatic heterocycles.